The van der Waals surface area contributed by atoms with Gasteiger partial charge in [-0.2, -0.15) is 0 Å². The van der Waals surface area contributed by atoms with Gasteiger partial charge in [0.25, 0.3) is 5.91 Å². The summed E-state index contributed by atoms with van der Waals surface area (Å²) in [7, 11) is 0. The van der Waals surface area contributed by atoms with Gasteiger partial charge in [-0.15, -0.1) is 11.8 Å². The zero-order chi connectivity index (χ0) is 18.9. The molecule has 2 amide bonds. The normalized spacial score (nSPS) is 24.9. The fraction of sp³-hybridized carbons (Fsp3) is 0.333. The molecule has 0 bridgehead atoms. The average Bonchev–Trinajstić information content (AvgIpc) is 3.20. The monoisotopic (exact) mass is 394 g/mol. The Kier molecular flexibility index (Phi) is 3.30. The fourth-order valence-electron chi connectivity index (χ4n) is 4.75. The number of hydrogen-bond acceptors (Lipinski definition) is 5. The number of para-hydroxylation sites is 1. The molecule has 1 saturated heterocycles. The van der Waals surface area contributed by atoms with Gasteiger partial charge in [-0.1, -0.05) is 18.2 Å². The number of amides is 2. The number of nitrogens with zero attached hydrogens (tertiary/aromatic N) is 2. The molecule has 28 heavy (non-hydrogen) atoms. The molecule has 2 aromatic rings. The molecule has 1 fully saturated rings. The molecule has 0 saturated carbocycles. The van der Waals surface area contributed by atoms with Crippen molar-refractivity contribution in [1.82, 2.24) is 0 Å². The molecule has 4 heterocycles. The molecule has 142 valence electrons. The molecule has 6 rings (SSSR count). The standard InChI is InChI=1S/C21H18N2O4S/c24-18-12-28-21(23(18)14-6-7-16-17(11-14)27-10-9-26-16)15-5-1-3-13-4-2-8-22(19(13)15)20(21)25/h1,3,5-7,11H,2,4,8-10,12H2/t21-/m1/s1. The van der Waals surface area contributed by atoms with Crippen LogP contribution in [0.15, 0.2) is 36.4 Å². The minimum atomic E-state index is -1.03. The van der Waals surface area contributed by atoms with Crippen LogP contribution in [0, 0.1) is 0 Å². The highest BCUT2D eigenvalue weighted by Gasteiger charge is 2.61. The maximum absolute atomic E-state index is 13.7. The quantitative estimate of drug-likeness (QED) is 0.744. The van der Waals surface area contributed by atoms with E-state index >= 15 is 0 Å². The van der Waals surface area contributed by atoms with Crippen molar-refractivity contribution in [2.45, 2.75) is 17.7 Å². The third kappa shape index (κ3) is 1.95. The molecule has 1 spiro atoms. The second-order valence-corrected chi connectivity index (χ2v) is 8.53. The van der Waals surface area contributed by atoms with Crippen molar-refractivity contribution in [2.75, 3.05) is 35.3 Å². The van der Waals surface area contributed by atoms with Gasteiger partial charge < -0.3 is 14.4 Å². The van der Waals surface area contributed by atoms with E-state index < -0.39 is 4.87 Å². The summed E-state index contributed by atoms with van der Waals surface area (Å²) in [4.78, 5) is 29.2. The number of hydrogen-bond donors (Lipinski definition) is 0. The number of carbonyl (C=O) groups is 2. The molecule has 4 aliphatic heterocycles. The van der Waals surface area contributed by atoms with E-state index in [-0.39, 0.29) is 17.6 Å². The van der Waals surface area contributed by atoms with Gasteiger partial charge in [0.05, 0.1) is 11.4 Å². The largest absolute Gasteiger partial charge is 0.486 e. The first kappa shape index (κ1) is 16.3. The Morgan fingerprint density at radius 1 is 1.04 bits per heavy atom. The van der Waals surface area contributed by atoms with Crippen molar-refractivity contribution in [1.29, 1.82) is 0 Å². The topological polar surface area (TPSA) is 59.1 Å². The highest BCUT2D eigenvalue weighted by molar-refractivity contribution is 8.02. The van der Waals surface area contributed by atoms with E-state index in [1.54, 1.807) is 4.90 Å². The number of benzene rings is 2. The number of rotatable bonds is 1. The maximum atomic E-state index is 13.7. The highest BCUT2D eigenvalue weighted by Crippen LogP contribution is 2.57. The minimum Gasteiger partial charge on any atom is -0.486 e. The third-order valence-electron chi connectivity index (χ3n) is 5.87. The van der Waals surface area contributed by atoms with Crippen LogP contribution in [0.2, 0.25) is 0 Å². The van der Waals surface area contributed by atoms with Crippen molar-refractivity contribution < 1.29 is 19.1 Å². The second kappa shape index (κ2) is 5.67. The molecule has 0 unspecified atom stereocenters. The highest BCUT2D eigenvalue weighted by atomic mass is 32.2. The van der Waals surface area contributed by atoms with Crippen molar-refractivity contribution in [3.8, 4) is 11.5 Å². The number of aryl methyl sites for hydroxylation is 1. The van der Waals surface area contributed by atoms with Crippen LogP contribution in [0.25, 0.3) is 0 Å². The van der Waals surface area contributed by atoms with Crippen LogP contribution in [0.1, 0.15) is 17.5 Å². The van der Waals surface area contributed by atoms with Gasteiger partial charge >= 0.3 is 0 Å². The van der Waals surface area contributed by atoms with Crippen LogP contribution in [0.4, 0.5) is 11.4 Å². The first-order valence-electron chi connectivity index (χ1n) is 9.51. The second-order valence-electron chi connectivity index (χ2n) is 7.36. The Morgan fingerprint density at radius 2 is 1.89 bits per heavy atom. The number of thioether (sulfide) groups is 1. The van der Waals surface area contributed by atoms with E-state index in [9.17, 15) is 9.59 Å². The van der Waals surface area contributed by atoms with Gasteiger partial charge in [-0.3, -0.25) is 14.5 Å². The number of anilines is 2. The summed E-state index contributed by atoms with van der Waals surface area (Å²) in [6, 6.07) is 11.6. The Balaban J connectivity index is 1.55. The molecule has 2 aromatic carbocycles. The molecule has 7 heteroatoms. The van der Waals surface area contributed by atoms with Crippen LogP contribution in [-0.4, -0.2) is 37.3 Å². The van der Waals surface area contributed by atoms with Crippen molar-refractivity contribution in [3.63, 3.8) is 0 Å². The molecule has 4 aliphatic rings. The van der Waals surface area contributed by atoms with Crippen molar-refractivity contribution >= 4 is 35.0 Å². The summed E-state index contributed by atoms with van der Waals surface area (Å²) in [5.74, 6) is 1.48. The molecule has 0 N–H and O–H groups in total. The summed E-state index contributed by atoms with van der Waals surface area (Å²) >= 11 is 1.42. The van der Waals surface area contributed by atoms with Crippen molar-refractivity contribution in [3.05, 3.63) is 47.5 Å². The van der Waals surface area contributed by atoms with Gasteiger partial charge in [0.15, 0.2) is 11.5 Å². The van der Waals surface area contributed by atoms with E-state index in [1.165, 1.54) is 17.3 Å². The van der Waals surface area contributed by atoms with Gasteiger partial charge in [-0.05, 0) is 30.5 Å². The molecule has 0 aromatic heterocycles. The van der Waals surface area contributed by atoms with Crippen molar-refractivity contribution in [2.24, 2.45) is 0 Å². The fourth-order valence-corrected chi connectivity index (χ4v) is 6.10. The SMILES string of the molecule is O=C1CS[C@]2(C(=O)N3CCCc4cccc2c43)N1c1ccc2c(c1)OCCO2. The lowest BCUT2D eigenvalue weighted by atomic mass is 9.98. The first-order valence-corrected chi connectivity index (χ1v) is 10.5. The molecule has 1 atom stereocenters. The lowest BCUT2D eigenvalue weighted by Gasteiger charge is -2.33. The summed E-state index contributed by atoms with van der Waals surface area (Å²) in [5, 5.41) is 0. The summed E-state index contributed by atoms with van der Waals surface area (Å²) < 4.78 is 11.3. The lowest BCUT2D eigenvalue weighted by molar-refractivity contribution is -0.123. The summed E-state index contributed by atoms with van der Waals surface area (Å²) in [6.45, 7) is 1.69. The van der Waals surface area contributed by atoms with Crippen LogP contribution in [0.5, 0.6) is 11.5 Å². The Bertz CT molecular complexity index is 1040. The summed E-state index contributed by atoms with van der Waals surface area (Å²) in [6.07, 6.45) is 1.91. The average molecular weight is 394 g/mol. The van der Waals surface area contributed by atoms with E-state index in [0.717, 1.165) is 24.1 Å². The van der Waals surface area contributed by atoms with E-state index in [2.05, 4.69) is 6.07 Å². The Hall–Kier alpha value is -2.67. The van der Waals surface area contributed by atoms with Gasteiger partial charge in [-0.25, -0.2) is 0 Å². The molecular formula is C21H18N2O4S. The Morgan fingerprint density at radius 3 is 2.79 bits per heavy atom. The van der Waals surface area contributed by atoms with Crippen LogP contribution in [0.3, 0.4) is 0 Å². The maximum Gasteiger partial charge on any atom is 0.268 e. The first-order chi connectivity index (χ1) is 13.7. The lowest BCUT2D eigenvalue weighted by Crippen LogP contribution is -2.50. The Labute approximate surface area is 166 Å². The molecular weight excluding hydrogens is 376 g/mol. The predicted molar refractivity (Wildman–Crippen MR) is 106 cm³/mol. The zero-order valence-electron chi connectivity index (χ0n) is 15.1. The number of ether oxygens (including phenoxy) is 2. The third-order valence-corrected chi connectivity index (χ3v) is 7.26. The molecule has 0 aliphatic carbocycles. The molecule has 0 radical (unpaired) electrons. The van der Waals surface area contributed by atoms with Gasteiger partial charge in [0, 0.05) is 23.9 Å². The number of carbonyl (C=O) groups excluding carboxylic acids is 2. The van der Waals surface area contributed by atoms with Gasteiger partial charge in [0.1, 0.15) is 13.2 Å². The summed E-state index contributed by atoms with van der Waals surface area (Å²) in [5.41, 5.74) is 3.80. The van der Waals surface area contributed by atoms with Crippen LogP contribution >= 0.6 is 11.8 Å². The predicted octanol–water partition coefficient (Wildman–Crippen LogP) is 2.68. The molecule has 6 nitrogen and oxygen atoms in total. The number of fused-ring (bicyclic) bond motifs is 2. The smallest absolute Gasteiger partial charge is 0.268 e. The van der Waals surface area contributed by atoms with E-state index in [4.69, 9.17) is 9.47 Å². The minimum absolute atomic E-state index is 0.0135. The van der Waals surface area contributed by atoms with E-state index in [1.807, 2.05) is 35.2 Å². The van der Waals surface area contributed by atoms with Crippen LogP contribution < -0.4 is 19.3 Å². The van der Waals surface area contributed by atoms with E-state index in [0.29, 0.717) is 36.9 Å². The van der Waals surface area contributed by atoms with Gasteiger partial charge in [0.2, 0.25) is 10.8 Å². The van der Waals surface area contributed by atoms with Crippen LogP contribution in [-0.2, 0) is 20.9 Å². The zero-order valence-corrected chi connectivity index (χ0v) is 16.0.